The highest BCUT2D eigenvalue weighted by Crippen LogP contribution is 2.19. The van der Waals surface area contributed by atoms with E-state index in [1.54, 1.807) is 36.8 Å². The molecule has 3 rings (SSSR count). The highest BCUT2D eigenvalue weighted by molar-refractivity contribution is 7.92. The molecule has 0 spiro atoms. The lowest BCUT2D eigenvalue weighted by Gasteiger charge is -2.10. The number of nitrogens with one attached hydrogen (secondary N) is 2. The van der Waals surface area contributed by atoms with E-state index in [1.165, 1.54) is 16.9 Å². The van der Waals surface area contributed by atoms with Crippen molar-refractivity contribution in [1.82, 2.24) is 25.0 Å². The molecule has 0 aliphatic carbocycles. The van der Waals surface area contributed by atoms with Gasteiger partial charge in [0, 0.05) is 18.6 Å². The molecule has 20 heavy (non-hydrogen) atoms. The molecule has 0 saturated carbocycles. The maximum Gasteiger partial charge on any atom is 0.278 e. The Hall–Kier alpha value is -2.68. The van der Waals surface area contributed by atoms with E-state index in [1.807, 2.05) is 0 Å². The van der Waals surface area contributed by atoms with Gasteiger partial charge >= 0.3 is 0 Å². The second-order valence-electron chi connectivity index (χ2n) is 3.85. The van der Waals surface area contributed by atoms with Gasteiger partial charge in [-0.05, 0) is 24.3 Å². The molecule has 3 aromatic heterocycles. The van der Waals surface area contributed by atoms with Crippen LogP contribution in [0.3, 0.4) is 0 Å². The summed E-state index contributed by atoms with van der Waals surface area (Å²) in [4.78, 5) is 4.13. The Morgan fingerprint density at radius 3 is 2.75 bits per heavy atom. The Balaban J connectivity index is 2.00. The van der Waals surface area contributed by atoms with Gasteiger partial charge in [-0.15, -0.1) is 0 Å². The predicted molar refractivity (Wildman–Crippen MR) is 70.8 cm³/mol. The molecule has 0 radical (unpaired) electrons. The molecule has 0 bridgehead atoms. The minimum absolute atomic E-state index is 0.0206. The Kier molecular flexibility index (Phi) is 2.95. The average Bonchev–Trinajstić information content (AvgIpc) is 3.13. The fraction of sp³-hybridized carbons (Fsp3) is 0. The van der Waals surface area contributed by atoms with Crippen LogP contribution in [-0.2, 0) is 10.0 Å². The molecule has 2 N–H and O–H groups in total. The molecule has 0 unspecified atom stereocenters. The molecule has 0 fully saturated rings. The highest BCUT2D eigenvalue weighted by atomic mass is 32.2. The molecule has 3 heterocycles. The van der Waals surface area contributed by atoms with Crippen molar-refractivity contribution >= 4 is 15.7 Å². The van der Waals surface area contributed by atoms with Crippen LogP contribution in [-0.4, -0.2) is 33.4 Å². The van der Waals surface area contributed by atoms with Gasteiger partial charge in [-0.2, -0.15) is 18.6 Å². The highest BCUT2D eigenvalue weighted by Gasteiger charge is 2.18. The van der Waals surface area contributed by atoms with Crippen molar-refractivity contribution in [2.24, 2.45) is 0 Å². The average molecular weight is 290 g/mol. The van der Waals surface area contributed by atoms with E-state index < -0.39 is 10.0 Å². The number of anilines is 1. The lowest BCUT2D eigenvalue weighted by Crippen LogP contribution is -2.15. The minimum atomic E-state index is -3.73. The number of nitrogens with zero attached hydrogens (tertiary/aromatic N) is 4. The predicted octanol–water partition coefficient (Wildman–Crippen LogP) is 0.791. The molecule has 0 saturated heterocycles. The third-order valence-electron chi connectivity index (χ3n) is 2.52. The van der Waals surface area contributed by atoms with Crippen molar-refractivity contribution < 1.29 is 8.42 Å². The first-order chi connectivity index (χ1) is 9.67. The SMILES string of the molecule is O=S(=O)(Nc1cccnc1-n1cccn1)c1ccn[nH]1. The molecular formula is C11H10N6O2S. The maximum atomic E-state index is 12.1. The number of H-pyrrole nitrogens is 1. The topological polar surface area (TPSA) is 106 Å². The van der Waals surface area contributed by atoms with Crippen LogP contribution in [0.5, 0.6) is 0 Å². The summed E-state index contributed by atoms with van der Waals surface area (Å²) in [7, 11) is -3.73. The van der Waals surface area contributed by atoms with Crippen molar-refractivity contribution in [3.63, 3.8) is 0 Å². The van der Waals surface area contributed by atoms with Crippen molar-refractivity contribution in [1.29, 1.82) is 0 Å². The molecule has 9 heteroatoms. The van der Waals surface area contributed by atoms with Gasteiger partial charge in [0.25, 0.3) is 10.0 Å². The van der Waals surface area contributed by atoms with Crippen LogP contribution in [0.1, 0.15) is 0 Å². The Morgan fingerprint density at radius 2 is 2.05 bits per heavy atom. The quantitative estimate of drug-likeness (QED) is 0.739. The van der Waals surface area contributed by atoms with E-state index in [0.717, 1.165) is 0 Å². The number of rotatable bonds is 4. The van der Waals surface area contributed by atoms with E-state index >= 15 is 0 Å². The zero-order valence-electron chi connectivity index (χ0n) is 10.1. The van der Waals surface area contributed by atoms with Gasteiger partial charge in [-0.1, -0.05) is 0 Å². The van der Waals surface area contributed by atoms with Gasteiger partial charge in [0.05, 0.1) is 11.9 Å². The number of hydrogen-bond acceptors (Lipinski definition) is 5. The van der Waals surface area contributed by atoms with Gasteiger partial charge in [0.2, 0.25) is 0 Å². The van der Waals surface area contributed by atoms with Crippen LogP contribution in [0.15, 0.2) is 54.1 Å². The second kappa shape index (κ2) is 4.78. The van der Waals surface area contributed by atoms with Crippen LogP contribution in [0.4, 0.5) is 5.69 Å². The maximum absolute atomic E-state index is 12.1. The lowest BCUT2D eigenvalue weighted by molar-refractivity contribution is 0.597. The van der Waals surface area contributed by atoms with Crippen LogP contribution >= 0.6 is 0 Å². The number of pyridine rings is 1. The molecule has 0 amide bonds. The first-order valence-electron chi connectivity index (χ1n) is 5.64. The Morgan fingerprint density at radius 1 is 1.15 bits per heavy atom. The molecule has 0 aliphatic rings. The molecule has 0 aromatic carbocycles. The van der Waals surface area contributed by atoms with Gasteiger partial charge in [0.1, 0.15) is 0 Å². The summed E-state index contributed by atoms with van der Waals surface area (Å²) in [5.74, 6) is 0.389. The molecule has 8 nitrogen and oxygen atoms in total. The fourth-order valence-corrected chi connectivity index (χ4v) is 2.62. The van der Waals surface area contributed by atoms with Gasteiger partial charge in [-0.3, -0.25) is 9.82 Å². The fourth-order valence-electron chi connectivity index (χ4n) is 1.65. The van der Waals surface area contributed by atoms with Crippen LogP contribution < -0.4 is 4.72 Å². The second-order valence-corrected chi connectivity index (χ2v) is 5.50. The lowest BCUT2D eigenvalue weighted by atomic mass is 10.4. The standard InChI is InChI=1S/C11H10N6O2S/c18-20(19,10-4-7-13-15-10)16-9-3-1-5-12-11(9)17-8-2-6-14-17/h1-8,16H,(H,13,15). The summed E-state index contributed by atoms with van der Waals surface area (Å²) in [6, 6.07) is 6.34. The Labute approximate surface area is 114 Å². The molecular weight excluding hydrogens is 280 g/mol. The van der Waals surface area contributed by atoms with E-state index in [4.69, 9.17) is 0 Å². The summed E-state index contributed by atoms with van der Waals surface area (Å²) < 4.78 is 28.2. The van der Waals surface area contributed by atoms with Crippen molar-refractivity contribution in [3.05, 3.63) is 49.1 Å². The van der Waals surface area contributed by atoms with Crippen molar-refractivity contribution in [2.45, 2.75) is 5.03 Å². The summed E-state index contributed by atoms with van der Waals surface area (Å²) >= 11 is 0. The number of hydrogen-bond donors (Lipinski definition) is 2. The van der Waals surface area contributed by atoms with Crippen molar-refractivity contribution in [2.75, 3.05) is 4.72 Å². The van der Waals surface area contributed by atoms with Crippen molar-refractivity contribution in [3.8, 4) is 5.82 Å². The zero-order chi connectivity index (χ0) is 14.0. The van der Waals surface area contributed by atoms with Crippen LogP contribution in [0, 0.1) is 0 Å². The van der Waals surface area contributed by atoms with Gasteiger partial charge < -0.3 is 0 Å². The zero-order valence-corrected chi connectivity index (χ0v) is 10.9. The van der Waals surface area contributed by atoms with Crippen LogP contribution in [0.2, 0.25) is 0 Å². The smallest absolute Gasteiger partial charge is 0.275 e. The monoisotopic (exact) mass is 290 g/mol. The summed E-state index contributed by atoms with van der Waals surface area (Å²) in [5.41, 5.74) is 0.325. The third-order valence-corrected chi connectivity index (χ3v) is 3.81. The van der Waals surface area contributed by atoms with E-state index in [0.29, 0.717) is 11.5 Å². The summed E-state index contributed by atoms with van der Waals surface area (Å²) in [6.07, 6.45) is 6.19. The van der Waals surface area contributed by atoms with Gasteiger partial charge in [-0.25, -0.2) is 9.67 Å². The first kappa shape index (κ1) is 12.4. The summed E-state index contributed by atoms with van der Waals surface area (Å²) in [6.45, 7) is 0. The molecule has 0 atom stereocenters. The molecule has 3 aromatic rings. The van der Waals surface area contributed by atoms with Crippen LogP contribution in [0.25, 0.3) is 5.82 Å². The van der Waals surface area contributed by atoms with E-state index in [9.17, 15) is 8.42 Å². The molecule has 102 valence electrons. The van der Waals surface area contributed by atoms with E-state index in [-0.39, 0.29) is 5.03 Å². The summed E-state index contributed by atoms with van der Waals surface area (Å²) in [5, 5.41) is 10.1. The number of sulfonamides is 1. The number of aromatic nitrogens is 5. The Bertz CT molecular complexity index is 795. The third kappa shape index (κ3) is 2.26. The molecule has 0 aliphatic heterocycles. The number of aromatic amines is 1. The normalized spacial score (nSPS) is 11.4. The minimum Gasteiger partial charge on any atom is -0.275 e. The van der Waals surface area contributed by atoms with Gasteiger partial charge in [0.15, 0.2) is 10.8 Å². The largest absolute Gasteiger partial charge is 0.278 e. The first-order valence-corrected chi connectivity index (χ1v) is 7.12. The van der Waals surface area contributed by atoms with E-state index in [2.05, 4.69) is 25.0 Å².